The Morgan fingerprint density at radius 3 is 2.46 bits per heavy atom. The number of nitrogens with zero attached hydrogens (tertiary/aromatic N) is 1. The molecular formula is C26H24F3N3O3. The van der Waals surface area contributed by atoms with E-state index in [1.165, 1.54) is 11.0 Å². The minimum Gasteiger partial charge on any atom is -0.480 e. The van der Waals surface area contributed by atoms with Gasteiger partial charge >= 0.3 is 12.2 Å². The van der Waals surface area contributed by atoms with Crippen molar-refractivity contribution in [1.82, 2.24) is 4.90 Å². The van der Waals surface area contributed by atoms with Crippen LogP contribution in [0.5, 0.6) is 5.75 Å². The van der Waals surface area contributed by atoms with E-state index in [0.29, 0.717) is 34.7 Å². The van der Waals surface area contributed by atoms with Crippen LogP contribution in [0.1, 0.15) is 30.0 Å². The Morgan fingerprint density at radius 2 is 1.74 bits per heavy atom. The predicted molar refractivity (Wildman–Crippen MR) is 126 cm³/mol. The fourth-order valence-corrected chi connectivity index (χ4v) is 3.86. The minimum absolute atomic E-state index is 0.00575. The SMILES string of the molecule is CCC1Oc2ccc(NC(=O)Nc3ccccc3)cc2CN(Cc2cccc(C(F)(F)F)c2)C1=O. The first kappa shape index (κ1) is 24.1. The second-order valence-electron chi connectivity index (χ2n) is 8.17. The number of halogens is 3. The van der Waals surface area contributed by atoms with E-state index >= 15 is 0 Å². The molecule has 1 aliphatic rings. The van der Waals surface area contributed by atoms with Crippen LogP contribution in [0, 0.1) is 0 Å². The van der Waals surface area contributed by atoms with Crippen LogP contribution in [0.15, 0.2) is 72.8 Å². The first-order valence-corrected chi connectivity index (χ1v) is 11.1. The highest BCUT2D eigenvalue weighted by Gasteiger charge is 2.32. The molecule has 9 heteroatoms. The monoisotopic (exact) mass is 483 g/mol. The standard InChI is InChI=1S/C26H24F3N3O3/c1-2-22-24(33)32(15-17-7-6-8-19(13-17)26(27,28)29)16-18-14-21(11-12-23(18)35-22)31-25(34)30-20-9-4-3-5-10-20/h3-14,22H,2,15-16H2,1H3,(H2,30,31,34). The largest absolute Gasteiger partial charge is 0.480 e. The molecule has 1 atom stereocenters. The highest BCUT2D eigenvalue weighted by molar-refractivity contribution is 5.99. The number of ether oxygens (including phenoxy) is 1. The van der Waals surface area contributed by atoms with Gasteiger partial charge in [-0.05, 0) is 54.4 Å². The summed E-state index contributed by atoms with van der Waals surface area (Å²) >= 11 is 0. The van der Waals surface area contributed by atoms with Gasteiger partial charge in [0.15, 0.2) is 6.10 Å². The Balaban J connectivity index is 1.55. The number of anilines is 2. The normalized spacial score (nSPS) is 15.6. The van der Waals surface area contributed by atoms with E-state index in [4.69, 9.17) is 4.74 Å². The molecule has 1 unspecified atom stereocenters. The summed E-state index contributed by atoms with van der Waals surface area (Å²) in [6, 6.07) is 18.5. The lowest BCUT2D eigenvalue weighted by atomic mass is 10.1. The maximum absolute atomic E-state index is 13.1. The number of alkyl halides is 3. The van der Waals surface area contributed by atoms with E-state index in [-0.39, 0.29) is 19.0 Å². The summed E-state index contributed by atoms with van der Waals surface area (Å²) in [4.78, 5) is 26.9. The number of hydrogen-bond acceptors (Lipinski definition) is 3. The molecule has 6 nitrogen and oxygen atoms in total. The molecule has 0 saturated carbocycles. The van der Waals surface area contributed by atoms with Crippen LogP contribution in [0.3, 0.4) is 0 Å². The van der Waals surface area contributed by atoms with E-state index < -0.39 is 23.9 Å². The number of carbonyl (C=O) groups is 2. The van der Waals surface area contributed by atoms with Gasteiger partial charge in [0, 0.05) is 30.0 Å². The molecule has 1 aliphatic heterocycles. The quantitative estimate of drug-likeness (QED) is 0.464. The lowest BCUT2D eigenvalue weighted by Gasteiger charge is -2.23. The summed E-state index contributed by atoms with van der Waals surface area (Å²) < 4.78 is 45.4. The van der Waals surface area contributed by atoms with Gasteiger partial charge in [-0.2, -0.15) is 13.2 Å². The van der Waals surface area contributed by atoms with Crippen molar-refractivity contribution in [1.29, 1.82) is 0 Å². The molecule has 0 spiro atoms. The summed E-state index contributed by atoms with van der Waals surface area (Å²) in [6.45, 7) is 1.92. The van der Waals surface area contributed by atoms with Gasteiger partial charge in [-0.25, -0.2) is 4.79 Å². The zero-order chi connectivity index (χ0) is 25.0. The Morgan fingerprint density at radius 1 is 1.00 bits per heavy atom. The molecule has 182 valence electrons. The molecule has 0 fully saturated rings. The number of carbonyl (C=O) groups excluding carboxylic acids is 2. The number of para-hydroxylation sites is 1. The molecule has 3 aromatic rings. The molecule has 1 heterocycles. The Labute approximate surface area is 200 Å². The van der Waals surface area contributed by atoms with Crippen molar-refractivity contribution in [2.75, 3.05) is 10.6 Å². The molecule has 0 aliphatic carbocycles. The third kappa shape index (κ3) is 5.92. The van der Waals surface area contributed by atoms with E-state index in [0.717, 1.165) is 12.1 Å². The molecule has 0 saturated heterocycles. The first-order chi connectivity index (χ1) is 16.7. The number of hydrogen-bond donors (Lipinski definition) is 2. The van der Waals surface area contributed by atoms with Crippen molar-refractivity contribution in [3.63, 3.8) is 0 Å². The highest BCUT2D eigenvalue weighted by atomic mass is 19.4. The van der Waals surface area contributed by atoms with Gasteiger partial charge in [0.2, 0.25) is 0 Å². The third-order valence-corrected chi connectivity index (χ3v) is 5.57. The fraction of sp³-hybridized carbons (Fsp3) is 0.231. The van der Waals surface area contributed by atoms with Crippen LogP contribution in [0.4, 0.5) is 29.3 Å². The fourth-order valence-electron chi connectivity index (χ4n) is 3.86. The second-order valence-corrected chi connectivity index (χ2v) is 8.17. The van der Waals surface area contributed by atoms with Gasteiger partial charge < -0.3 is 20.3 Å². The average Bonchev–Trinajstić information content (AvgIpc) is 2.95. The Hall–Kier alpha value is -4.01. The number of fused-ring (bicyclic) bond motifs is 1. The van der Waals surface area contributed by atoms with Crippen molar-refractivity contribution in [2.24, 2.45) is 0 Å². The smallest absolute Gasteiger partial charge is 0.416 e. The molecule has 2 N–H and O–H groups in total. The van der Waals surface area contributed by atoms with E-state index in [1.54, 1.807) is 55.5 Å². The second kappa shape index (κ2) is 10.1. The van der Waals surface area contributed by atoms with E-state index in [9.17, 15) is 22.8 Å². The molecule has 3 amide bonds. The van der Waals surface area contributed by atoms with Crippen molar-refractivity contribution >= 4 is 23.3 Å². The topological polar surface area (TPSA) is 70.7 Å². The van der Waals surface area contributed by atoms with Gasteiger partial charge in [0.05, 0.1) is 5.56 Å². The van der Waals surface area contributed by atoms with Crippen LogP contribution in [-0.2, 0) is 24.1 Å². The van der Waals surface area contributed by atoms with Crippen molar-refractivity contribution < 1.29 is 27.5 Å². The minimum atomic E-state index is -4.47. The molecule has 3 aromatic carbocycles. The average molecular weight is 483 g/mol. The Bertz CT molecular complexity index is 1220. The van der Waals surface area contributed by atoms with Crippen LogP contribution in [-0.4, -0.2) is 22.9 Å². The van der Waals surface area contributed by atoms with Crippen LogP contribution in [0.2, 0.25) is 0 Å². The lowest BCUT2D eigenvalue weighted by molar-refractivity contribution is -0.139. The van der Waals surface area contributed by atoms with E-state index in [2.05, 4.69) is 10.6 Å². The molecule has 0 aromatic heterocycles. The van der Waals surface area contributed by atoms with Crippen LogP contribution < -0.4 is 15.4 Å². The molecule has 0 radical (unpaired) electrons. The number of rotatable bonds is 5. The van der Waals surface area contributed by atoms with E-state index in [1.807, 2.05) is 6.07 Å². The summed E-state index contributed by atoms with van der Waals surface area (Å²) in [5.74, 6) is 0.184. The van der Waals surface area contributed by atoms with Gasteiger partial charge in [0.25, 0.3) is 5.91 Å². The predicted octanol–water partition coefficient (Wildman–Crippen LogP) is 6.05. The summed E-state index contributed by atoms with van der Waals surface area (Å²) in [7, 11) is 0. The Kier molecular flexibility index (Phi) is 6.95. The van der Waals surface area contributed by atoms with Crippen molar-refractivity contribution in [3.05, 3.63) is 89.5 Å². The number of amides is 3. The molecule has 4 rings (SSSR count). The van der Waals surface area contributed by atoms with Crippen molar-refractivity contribution in [3.8, 4) is 5.75 Å². The number of nitrogens with one attached hydrogen (secondary N) is 2. The van der Waals surface area contributed by atoms with Crippen molar-refractivity contribution in [2.45, 2.75) is 38.7 Å². The van der Waals surface area contributed by atoms with Gasteiger partial charge in [-0.1, -0.05) is 37.3 Å². The van der Waals surface area contributed by atoms with Gasteiger partial charge in [0.1, 0.15) is 5.75 Å². The molecule has 0 bridgehead atoms. The zero-order valence-corrected chi connectivity index (χ0v) is 18.9. The number of benzene rings is 3. The van der Waals surface area contributed by atoms with Crippen LogP contribution in [0.25, 0.3) is 0 Å². The molecule has 35 heavy (non-hydrogen) atoms. The first-order valence-electron chi connectivity index (χ1n) is 11.1. The maximum atomic E-state index is 13.1. The van der Waals surface area contributed by atoms with Gasteiger partial charge in [-0.3, -0.25) is 4.79 Å². The highest BCUT2D eigenvalue weighted by Crippen LogP contribution is 2.32. The third-order valence-electron chi connectivity index (χ3n) is 5.57. The summed E-state index contributed by atoms with van der Waals surface area (Å²) in [5, 5.41) is 5.48. The maximum Gasteiger partial charge on any atom is 0.416 e. The zero-order valence-electron chi connectivity index (χ0n) is 18.9. The summed E-state index contributed by atoms with van der Waals surface area (Å²) in [5.41, 5.74) is 1.35. The van der Waals surface area contributed by atoms with Crippen LogP contribution >= 0.6 is 0 Å². The lowest BCUT2D eigenvalue weighted by Crippen LogP contribution is -2.38. The number of urea groups is 1. The van der Waals surface area contributed by atoms with Gasteiger partial charge in [-0.15, -0.1) is 0 Å². The molecular weight excluding hydrogens is 459 g/mol. The summed E-state index contributed by atoms with van der Waals surface area (Å²) in [6.07, 6.45) is -4.83.